The summed E-state index contributed by atoms with van der Waals surface area (Å²) in [6, 6.07) is -4.68. The molecule has 0 saturated heterocycles. The molecular formula is C73H114N13O16S2+. The average molecular weight is 1490 g/mol. The van der Waals surface area contributed by atoms with Crippen molar-refractivity contribution in [2.45, 2.75) is 320 Å². The Morgan fingerprint density at radius 2 is 0.846 bits per heavy atom. The summed E-state index contributed by atoms with van der Waals surface area (Å²) in [5, 5.41) is 24.0. The van der Waals surface area contributed by atoms with Crippen LogP contribution in [0.1, 0.15) is 309 Å². The number of nitrogens with two attached hydrogens (primary N) is 2. The molecule has 31 heteroatoms. The highest BCUT2D eigenvalue weighted by atomic mass is 32.1. The van der Waals surface area contributed by atoms with Crippen LogP contribution in [-0.4, -0.2) is 146 Å². The number of thiazole rings is 2. The number of ketones is 6. The minimum atomic E-state index is -1.36. The van der Waals surface area contributed by atoms with Crippen molar-refractivity contribution in [3.63, 3.8) is 0 Å². The van der Waals surface area contributed by atoms with Crippen LogP contribution in [0.4, 0.5) is 0 Å². The number of Topliss-reactive ketones (excluding diaryl/α,β-unsaturated/α-hetero) is 6. The van der Waals surface area contributed by atoms with Crippen LogP contribution in [0.3, 0.4) is 0 Å². The van der Waals surface area contributed by atoms with Gasteiger partial charge in [-0.1, -0.05) is 142 Å². The SMILES string of the molecule is CCCCCCCCCCCCCC(=O)N[C@H](CC(N)=O)C(=O)N[C@@H](C)CCC(=O)CC(=O)NC1(C(=O)CC(=O)NCC(=O)c2csc([C@@H]([NH3+])C(=O)c3csc(CNC(=O)CC(=O)C4(NC(=O)CC(=O)CC[C@H](C)NC(=O)[C@@H](CC(N)=O)NC(=O)CCCCCCCCCCCCC)CC4)n3)n2)CC1. The van der Waals surface area contributed by atoms with E-state index in [0.717, 1.165) is 74.0 Å². The minimum absolute atomic E-state index is 0.00567. The van der Waals surface area contributed by atoms with Crippen LogP contribution < -0.4 is 59.7 Å². The minimum Gasteiger partial charge on any atom is -0.370 e. The van der Waals surface area contributed by atoms with Gasteiger partial charge in [0.25, 0.3) is 0 Å². The van der Waals surface area contributed by atoms with E-state index >= 15 is 0 Å². The number of hydrogen-bond acceptors (Lipinski definition) is 20. The molecule has 2 aliphatic carbocycles. The number of quaternary nitrogens is 1. The van der Waals surface area contributed by atoms with Gasteiger partial charge in [0.15, 0.2) is 16.6 Å². The number of nitrogens with one attached hydrogen (secondary N) is 8. The predicted molar refractivity (Wildman–Crippen MR) is 389 cm³/mol. The summed E-state index contributed by atoms with van der Waals surface area (Å²) >= 11 is 2.01. The van der Waals surface area contributed by atoms with E-state index in [-0.39, 0.29) is 99.0 Å². The molecule has 29 nitrogen and oxygen atoms in total. The van der Waals surface area contributed by atoms with Crippen molar-refractivity contribution in [3.05, 3.63) is 32.2 Å². The molecule has 2 aromatic heterocycles. The Balaban J connectivity index is 1.09. The van der Waals surface area contributed by atoms with Gasteiger partial charge in [-0.3, -0.25) is 76.7 Å². The van der Waals surface area contributed by atoms with Crippen molar-refractivity contribution in [3.8, 4) is 0 Å². The van der Waals surface area contributed by atoms with Gasteiger partial charge in [0, 0.05) is 48.5 Å². The van der Waals surface area contributed by atoms with Crippen LogP contribution in [0.25, 0.3) is 0 Å². The van der Waals surface area contributed by atoms with Crippen LogP contribution >= 0.6 is 22.7 Å². The summed E-state index contributed by atoms with van der Waals surface area (Å²) in [5.74, 6) is -9.86. The van der Waals surface area contributed by atoms with Crippen LogP contribution in [0.15, 0.2) is 10.8 Å². The Hall–Kier alpha value is -8.06. The first kappa shape index (κ1) is 88.3. The third kappa shape index (κ3) is 35.1. The van der Waals surface area contributed by atoms with Gasteiger partial charge < -0.3 is 59.7 Å². The van der Waals surface area contributed by atoms with Gasteiger partial charge in [-0.15, -0.1) is 22.7 Å². The van der Waals surface area contributed by atoms with E-state index < -0.39 is 168 Å². The zero-order valence-electron chi connectivity index (χ0n) is 61.4. The quantitative estimate of drug-likeness (QED) is 0.0221. The lowest BCUT2D eigenvalue weighted by atomic mass is 10.0. The Morgan fingerprint density at radius 1 is 0.462 bits per heavy atom. The largest absolute Gasteiger partial charge is 0.370 e. The summed E-state index contributed by atoms with van der Waals surface area (Å²) in [5.41, 5.74) is 11.9. The van der Waals surface area contributed by atoms with Gasteiger partial charge in [0.05, 0.1) is 62.7 Å². The number of aromatic nitrogens is 2. The molecule has 104 heavy (non-hydrogen) atoms. The lowest BCUT2D eigenvalue weighted by Gasteiger charge is -2.20. The number of nitrogens with zero attached hydrogens (tertiary/aromatic N) is 2. The summed E-state index contributed by atoms with van der Waals surface area (Å²) in [7, 11) is 0. The summed E-state index contributed by atoms with van der Waals surface area (Å²) in [6.07, 6.45) is 22.7. The standard InChI is InChI=1S/C73H113N13O16S2/c1-5-7-9-11-13-15-17-19-21-23-25-27-60(94)81-51(39-58(74)92)69(101)79-47(3)29-31-49(87)37-64(98)85-72(33-34-72)56(90)41-62(96)77-43-55(89)53-45-104-71(84-53)67(76)68(100)54-46-103-66(83-54)44-78-63(97)42-57(91)73(35-36-73)86-65(99)38-50(88)32-30-48(4)80-70(102)52(40-59(75)93)82-61(95)28-26-24-22-20-18-16-14-12-10-8-6-2/h45-48,51-52,67H,5-44,76H2,1-4H3,(H2,74,92)(H2,75,93)(H,77,96)(H,78,97)(H,79,101)(H,80,102)(H,81,94)(H,82,95)(H,85,98)(H,86,99)/p+1/t47-,48-,51+,52+,67-/m0/s1. The third-order valence-electron chi connectivity index (χ3n) is 18.4. The Kier molecular flexibility index (Phi) is 40.3. The zero-order valence-corrected chi connectivity index (χ0v) is 63.1. The number of unbranched alkanes of at least 4 members (excludes halogenated alkanes) is 20. The van der Waals surface area contributed by atoms with Crippen LogP contribution in [-0.2, 0) is 73.7 Å². The molecule has 15 N–H and O–H groups in total. The summed E-state index contributed by atoms with van der Waals surface area (Å²) in [4.78, 5) is 214. The van der Waals surface area contributed by atoms with Gasteiger partial charge in [0.2, 0.25) is 76.7 Å². The Bertz CT molecular complexity index is 3250. The lowest BCUT2D eigenvalue weighted by Crippen LogP contribution is -2.57. The number of hydrogen-bond donors (Lipinski definition) is 11. The molecule has 2 aliphatic rings. The zero-order chi connectivity index (χ0) is 76.6. The van der Waals surface area contributed by atoms with E-state index in [1.54, 1.807) is 13.8 Å². The molecule has 10 amide bonds. The second-order valence-corrected chi connectivity index (χ2v) is 29.9. The number of rotatable bonds is 60. The van der Waals surface area contributed by atoms with E-state index in [0.29, 0.717) is 17.8 Å². The highest BCUT2D eigenvalue weighted by molar-refractivity contribution is 7.10. The number of amides is 10. The van der Waals surface area contributed by atoms with Gasteiger partial charge in [0.1, 0.15) is 40.0 Å². The van der Waals surface area contributed by atoms with Crippen molar-refractivity contribution < 1.29 is 82.4 Å². The molecule has 0 aliphatic heterocycles. The molecule has 0 unspecified atom stereocenters. The fraction of sp³-hybridized carbons (Fsp3) is 0.699. The van der Waals surface area contributed by atoms with E-state index in [2.05, 4.69) is 72.1 Å². The van der Waals surface area contributed by atoms with Crippen LogP contribution in [0, 0.1) is 0 Å². The van der Waals surface area contributed by atoms with Gasteiger partial charge in [-0.25, -0.2) is 9.97 Å². The molecule has 0 aromatic carbocycles. The second-order valence-electron chi connectivity index (χ2n) is 28.0. The third-order valence-corrected chi connectivity index (χ3v) is 20.2. The maximum absolute atomic E-state index is 13.5. The monoisotopic (exact) mass is 1490 g/mol. The van der Waals surface area contributed by atoms with E-state index in [1.807, 2.05) is 0 Å². The first-order chi connectivity index (χ1) is 49.6. The van der Waals surface area contributed by atoms with Crippen molar-refractivity contribution in [2.75, 3.05) is 6.54 Å². The van der Waals surface area contributed by atoms with Crippen molar-refractivity contribution >= 4 is 116 Å². The fourth-order valence-corrected chi connectivity index (χ4v) is 13.3. The highest BCUT2D eigenvalue weighted by Gasteiger charge is 2.52. The second kappa shape index (κ2) is 47.4. The molecule has 0 spiro atoms. The predicted octanol–water partition coefficient (Wildman–Crippen LogP) is 5.51. The first-order valence-corrected chi connectivity index (χ1v) is 39.2. The molecule has 578 valence electrons. The van der Waals surface area contributed by atoms with E-state index in [9.17, 15) is 76.7 Å². The van der Waals surface area contributed by atoms with E-state index in [1.165, 1.54) is 87.8 Å². The molecular weight excluding hydrogens is 1380 g/mol. The van der Waals surface area contributed by atoms with Crippen molar-refractivity contribution in [1.82, 2.24) is 52.5 Å². The molecule has 2 saturated carbocycles. The van der Waals surface area contributed by atoms with Crippen LogP contribution in [0.2, 0.25) is 0 Å². The molecule has 4 rings (SSSR count). The lowest BCUT2D eigenvalue weighted by molar-refractivity contribution is -0.404. The first-order valence-electron chi connectivity index (χ1n) is 37.4. The Labute approximate surface area is 618 Å². The highest BCUT2D eigenvalue weighted by Crippen LogP contribution is 2.38. The molecule has 0 radical (unpaired) electrons. The molecule has 5 atom stereocenters. The molecule has 2 aromatic rings. The van der Waals surface area contributed by atoms with Gasteiger partial charge in [-0.2, -0.15) is 0 Å². The van der Waals surface area contributed by atoms with Gasteiger partial charge in [-0.05, 0) is 65.2 Å². The molecule has 0 bridgehead atoms. The number of carbonyl (C=O) groups excluding carboxylic acids is 16. The van der Waals surface area contributed by atoms with Crippen molar-refractivity contribution in [2.24, 2.45) is 11.5 Å². The average Bonchev–Trinajstić information content (AvgIpc) is 1.64. The smallest absolute Gasteiger partial charge is 0.246 e. The van der Waals surface area contributed by atoms with Gasteiger partial charge >= 0.3 is 0 Å². The van der Waals surface area contributed by atoms with Crippen molar-refractivity contribution in [1.29, 1.82) is 0 Å². The maximum atomic E-state index is 13.5. The number of carbonyl (C=O) groups is 16. The molecule has 2 fully saturated rings. The Morgan fingerprint density at radius 3 is 1.24 bits per heavy atom. The topological polar surface area (TPSA) is 475 Å². The molecule has 2 heterocycles. The summed E-state index contributed by atoms with van der Waals surface area (Å²) in [6.45, 7) is 6.94. The van der Waals surface area contributed by atoms with E-state index in [4.69, 9.17) is 11.5 Å². The fourth-order valence-electron chi connectivity index (χ4n) is 11.8. The number of primary amides is 2. The summed E-state index contributed by atoms with van der Waals surface area (Å²) < 4.78 is 0. The normalized spacial score (nSPS) is 14.5. The van der Waals surface area contributed by atoms with Crippen LogP contribution in [0.5, 0.6) is 0 Å². The maximum Gasteiger partial charge on any atom is 0.246 e.